The third-order valence-corrected chi connectivity index (χ3v) is 5.23. The van der Waals surface area contributed by atoms with Gasteiger partial charge in [-0.15, -0.1) is 0 Å². The molecule has 0 atom stereocenters. The Morgan fingerprint density at radius 2 is 2.07 bits per heavy atom. The van der Waals surface area contributed by atoms with Crippen LogP contribution >= 0.6 is 0 Å². The molecule has 3 aromatic rings. The summed E-state index contributed by atoms with van der Waals surface area (Å²) in [6.45, 7) is 4.45. The molecule has 6 heteroatoms. The standard InChI is InChI=1S/C22H26N4O2/c1-16-3-4-19(23-2)11-21(16)26-14-18(12-25-26)20-13-24-8-5-22(20)28-15-17-6-9-27-10-7-17/h3-5,8,11-14,17,23H,6-7,9-10,15H2,1-2H3. The zero-order valence-corrected chi connectivity index (χ0v) is 16.4. The zero-order valence-electron chi connectivity index (χ0n) is 16.4. The van der Waals surface area contributed by atoms with Crippen LogP contribution < -0.4 is 10.1 Å². The number of pyridine rings is 1. The highest BCUT2D eigenvalue weighted by Crippen LogP contribution is 2.31. The lowest BCUT2D eigenvalue weighted by Gasteiger charge is -2.22. The molecule has 0 unspecified atom stereocenters. The number of ether oxygens (including phenoxy) is 2. The van der Waals surface area contributed by atoms with Crippen molar-refractivity contribution in [1.29, 1.82) is 0 Å². The van der Waals surface area contributed by atoms with Crippen molar-refractivity contribution >= 4 is 5.69 Å². The molecule has 28 heavy (non-hydrogen) atoms. The highest BCUT2D eigenvalue weighted by Gasteiger charge is 2.16. The monoisotopic (exact) mass is 378 g/mol. The number of hydrogen-bond acceptors (Lipinski definition) is 5. The molecule has 6 nitrogen and oxygen atoms in total. The maximum Gasteiger partial charge on any atom is 0.130 e. The van der Waals surface area contributed by atoms with E-state index in [1.807, 2.05) is 36.4 Å². The average molecular weight is 378 g/mol. The van der Waals surface area contributed by atoms with Gasteiger partial charge in [-0.2, -0.15) is 5.10 Å². The first kappa shape index (κ1) is 18.5. The summed E-state index contributed by atoms with van der Waals surface area (Å²) in [4.78, 5) is 4.30. The Balaban J connectivity index is 1.57. The molecular weight excluding hydrogens is 352 g/mol. The summed E-state index contributed by atoms with van der Waals surface area (Å²) < 4.78 is 13.5. The van der Waals surface area contributed by atoms with Crippen molar-refractivity contribution < 1.29 is 9.47 Å². The van der Waals surface area contributed by atoms with Gasteiger partial charge in [0.15, 0.2) is 0 Å². The molecule has 1 aromatic carbocycles. The molecule has 2 aromatic heterocycles. The van der Waals surface area contributed by atoms with Crippen LogP contribution in [-0.4, -0.2) is 41.6 Å². The second-order valence-corrected chi connectivity index (χ2v) is 7.16. The number of hydrogen-bond donors (Lipinski definition) is 1. The van der Waals surface area contributed by atoms with Crippen molar-refractivity contribution in [2.45, 2.75) is 19.8 Å². The molecule has 3 heterocycles. The molecule has 1 saturated heterocycles. The smallest absolute Gasteiger partial charge is 0.130 e. The molecule has 0 saturated carbocycles. The van der Waals surface area contributed by atoms with Crippen LogP contribution in [0.4, 0.5) is 5.69 Å². The summed E-state index contributed by atoms with van der Waals surface area (Å²) in [5.41, 5.74) is 5.22. The Kier molecular flexibility index (Phi) is 5.58. The third kappa shape index (κ3) is 4.02. The molecule has 0 aliphatic carbocycles. The van der Waals surface area contributed by atoms with Crippen LogP contribution in [0.15, 0.2) is 49.1 Å². The van der Waals surface area contributed by atoms with Gasteiger partial charge in [0, 0.05) is 55.7 Å². The molecule has 0 radical (unpaired) electrons. The van der Waals surface area contributed by atoms with Gasteiger partial charge in [0.1, 0.15) is 5.75 Å². The van der Waals surface area contributed by atoms with Crippen LogP contribution in [0.5, 0.6) is 5.75 Å². The first-order chi connectivity index (χ1) is 13.7. The summed E-state index contributed by atoms with van der Waals surface area (Å²) >= 11 is 0. The van der Waals surface area contributed by atoms with Gasteiger partial charge in [0.2, 0.25) is 0 Å². The van der Waals surface area contributed by atoms with Gasteiger partial charge in [-0.25, -0.2) is 4.68 Å². The van der Waals surface area contributed by atoms with Crippen LogP contribution in [0, 0.1) is 12.8 Å². The minimum Gasteiger partial charge on any atom is -0.493 e. The number of nitrogens with zero attached hydrogens (tertiary/aromatic N) is 3. The highest BCUT2D eigenvalue weighted by molar-refractivity contribution is 5.68. The van der Waals surface area contributed by atoms with Crippen molar-refractivity contribution in [3.05, 3.63) is 54.6 Å². The summed E-state index contributed by atoms with van der Waals surface area (Å²) in [7, 11) is 1.92. The fraction of sp³-hybridized carbons (Fsp3) is 0.364. The Bertz CT molecular complexity index is 932. The second kappa shape index (κ2) is 8.44. The van der Waals surface area contributed by atoms with Gasteiger partial charge < -0.3 is 14.8 Å². The first-order valence-electron chi connectivity index (χ1n) is 9.73. The lowest BCUT2D eigenvalue weighted by atomic mass is 10.0. The Labute approximate surface area is 165 Å². The van der Waals surface area contributed by atoms with Crippen molar-refractivity contribution in [3.8, 4) is 22.6 Å². The lowest BCUT2D eigenvalue weighted by Crippen LogP contribution is -2.21. The van der Waals surface area contributed by atoms with Crippen molar-refractivity contribution in [2.75, 3.05) is 32.2 Å². The first-order valence-corrected chi connectivity index (χ1v) is 9.73. The molecule has 1 N–H and O–H groups in total. The van der Waals surface area contributed by atoms with E-state index in [1.165, 1.54) is 0 Å². The average Bonchev–Trinajstić information content (AvgIpc) is 3.23. The van der Waals surface area contributed by atoms with E-state index in [1.54, 1.807) is 6.20 Å². The largest absolute Gasteiger partial charge is 0.493 e. The number of aryl methyl sites for hydroxylation is 1. The molecule has 1 aliphatic heterocycles. The summed E-state index contributed by atoms with van der Waals surface area (Å²) in [5.74, 6) is 1.39. The summed E-state index contributed by atoms with van der Waals surface area (Å²) in [6.07, 6.45) is 9.62. The van der Waals surface area contributed by atoms with Gasteiger partial charge in [0.05, 0.1) is 18.5 Å². The van der Waals surface area contributed by atoms with Crippen LogP contribution in [0.25, 0.3) is 16.8 Å². The number of benzene rings is 1. The maximum absolute atomic E-state index is 6.16. The van der Waals surface area contributed by atoms with Crippen LogP contribution in [0.3, 0.4) is 0 Å². The quantitative estimate of drug-likeness (QED) is 0.700. The minimum absolute atomic E-state index is 0.546. The van der Waals surface area contributed by atoms with Crippen molar-refractivity contribution in [3.63, 3.8) is 0 Å². The topological polar surface area (TPSA) is 61.2 Å². The zero-order chi connectivity index (χ0) is 19.3. The summed E-state index contributed by atoms with van der Waals surface area (Å²) in [6, 6.07) is 8.18. The normalized spacial score (nSPS) is 14.8. The van der Waals surface area contributed by atoms with Crippen LogP contribution in [0.1, 0.15) is 18.4 Å². The molecule has 0 spiro atoms. The van der Waals surface area contributed by atoms with E-state index in [4.69, 9.17) is 9.47 Å². The molecule has 4 rings (SSSR count). The molecular formula is C22H26N4O2. The van der Waals surface area contributed by atoms with E-state index in [0.29, 0.717) is 12.5 Å². The van der Waals surface area contributed by atoms with Gasteiger partial charge in [-0.3, -0.25) is 4.98 Å². The minimum atomic E-state index is 0.546. The molecule has 146 valence electrons. The second-order valence-electron chi connectivity index (χ2n) is 7.16. The van der Waals surface area contributed by atoms with Gasteiger partial charge in [0.25, 0.3) is 0 Å². The van der Waals surface area contributed by atoms with Crippen LogP contribution in [-0.2, 0) is 4.74 Å². The van der Waals surface area contributed by atoms with E-state index >= 15 is 0 Å². The van der Waals surface area contributed by atoms with Crippen LogP contribution in [0.2, 0.25) is 0 Å². The van der Waals surface area contributed by atoms with Gasteiger partial charge in [-0.05, 0) is 49.4 Å². The highest BCUT2D eigenvalue weighted by atomic mass is 16.5. The maximum atomic E-state index is 6.16. The molecule has 0 bridgehead atoms. The Morgan fingerprint density at radius 1 is 1.21 bits per heavy atom. The van der Waals surface area contributed by atoms with Crippen molar-refractivity contribution in [1.82, 2.24) is 14.8 Å². The van der Waals surface area contributed by atoms with E-state index in [2.05, 4.69) is 40.5 Å². The van der Waals surface area contributed by atoms with Crippen molar-refractivity contribution in [2.24, 2.45) is 5.92 Å². The fourth-order valence-corrected chi connectivity index (χ4v) is 3.45. The number of anilines is 1. The predicted octanol–water partition coefficient (Wildman–Crippen LogP) is 4.09. The van der Waals surface area contributed by atoms with E-state index in [0.717, 1.165) is 59.9 Å². The van der Waals surface area contributed by atoms with E-state index < -0.39 is 0 Å². The van der Waals surface area contributed by atoms with Gasteiger partial charge in [-0.1, -0.05) is 6.07 Å². The van der Waals surface area contributed by atoms with Gasteiger partial charge >= 0.3 is 0 Å². The number of rotatable bonds is 6. The molecule has 0 amide bonds. The predicted molar refractivity (Wildman–Crippen MR) is 110 cm³/mol. The SMILES string of the molecule is CNc1ccc(C)c(-n2cc(-c3cnccc3OCC3CCOCC3)cn2)c1. The Hall–Kier alpha value is -2.86. The summed E-state index contributed by atoms with van der Waals surface area (Å²) in [5, 5.41) is 7.76. The molecule has 1 fully saturated rings. The number of aromatic nitrogens is 3. The number of nitrogens with one attached hydrogen (secondary N) is 1. The fourth-order valence-electron chi connectivity index (χ4n) is 3.45. The third-order valence-electron chi connectivity index (χ3n) is 5.23. The Morgan fingerprint density at radius 3 is 2.89 bits per heavy atom. The lowest BCUT2D eigenvalue weighted by molar-refractivity contribution is 0.0498. The van der Waals surface area contributed by atoms with E-state index in [9.17, 15) is 0 Å². The van der Waals surface area contributed by atoms with E-state index in [-0.39, 0.29) is 0 Å². The molecule has 1 aliphatic rings.